The van der Waals surface area contributed by atoms with E-state index in [0.717, 1.165) is 38.2 Å². The standard InChI is InChI=1S/C13H20N4O2/c14-16-13(19)11-1-2-12(15-7-11)8-17-5-3-10(9-18)4-6-17/h1-2,7,10,18H,3-6,8-9,14H2,(H,16,19). The van der Waals surface area contributed by atoms with E-state index in [1.54, 1.807) is 6.07 Å². The summed E-state index contributed by atoms with van der Waals surface area (Å²) < 4.78 is 0. The number of carbonyl (C=O) groups excluding carboxylic acids is 1. The number of nitrogens with one attached hydrogen (secondary N) is 1. The van der Waals surface area contributed by atoms with Crippen LogP contribution in [0.25, 0.3) is 0 Å². The Balaban J connectivity index is 1.88. The van der Waals surface area contributed by atoms with Gasteiger partial charge in [-0.2, -0.15) is 0 Å². The van der Waals surface area contributed by atoms with Crippen molar-refractivity contribution in [3.63, 3.8) is 0 Å². The maximum atomic E-state index is 11.3. The molecule has 0 radical (unpaired) electrons. The van der Waals surface area contributed by atoms with Crippen LogP contribution in [0.2, 0.25) is 0 Å². The number of nitrogens with two attached hydrogens (primary N) is 1. The largest absolute Gasteiger partial charge is 0.396 e. The Bertz CT molecular complexity index is 413. The summed E-state index contributed by atoms with van der Waals surface area (Å²) in [6, 6.07) is 3.58. The molecule has 2 rings (SSSR count). The topological polar surface area (TPSA) is 91.5 Å². The van der Waals surface area contributed by atoms with Gasteiger partial charge in [-0.3, -0.25) is 20.1 Å². The molecule has 0 aromatic carbocycles. The van der Waals surface area contributed by atoms with Crippen molar-refractivity contribution in [1.82, 2.24) is 15.3 Å². The molecule has 1 aliphatic rings. The second-order valence-corrected chi connectivity index (χ2v) is 4.91. The summed E-state index contributed by atoms with van der Waals surface area (Å²) in [5.74, 6) is 5.18. The minimum Gasteiger partial charge on any atom is -0.396 e. The van der Waals surface area contributed by atoms with E-state index in [0.29, 0.717) is 11.5 Å². The highest BCUT2D eigenvalue weighted by Gasteiger charge is 2.18. The fourth-order valence-corrected chi connectivity index (χ4v) is 2.29. The molecule has 0 atom stereocenters. The van der Waals surface area contributed by atoms with Gasteiger partial charge < -0.3 is 5.11 Å². The number of rotatable bonds is 4. The summed E-state index contributed by atoms with van der Waals surface area (Å²) in [7, 11) is 0. The molecule has 0 bridgehead atoms. The Morgan fingerprint density at radius 1 is 1.47 bits per heavy atom. The van der Waals surface area contributed by atoms with Crippen LogP contribution in [0.4, 0.5) is 0 Å². The highest BCUT2D eigenvalue weighted by molar-refractivity contribution is 5.93. The first-order valence-corrected chi connectivity index (χ1v) is 6.52. The Morgan fingerprint density at radius 2 is 2.21 bits per heavy atom. The van der Waals surface area contributed by atoms with Gasteiger partial charge in [0.1, 0.15) is 0 Å². The van der Waals surface area contributed by atoms with Gasteiger partial charge in [0.2, 0.25) is 0 Å². The lowest BCUT2D eigenvalue weighted by atomic mass is 9.98. The van der Waals surface area contributed by atoms with E-state index in [2.05, 4.69) is 15.3 Å². The lowest BCUT2D eigenvalue weighted by molar-refractivity contribution is 0.0953. The molecular formula is C13H20N4O2. The fourth-order valence-electron chi connectivity index (χ4n) is 2.29. The predicted molar refractivity (Wildman–Crippen MR) is 71.0 cm³/mol. The third-order valence-corrected chi connectivity index (χ3v) is 3.57. The summed E-state index contributed by atoms with van der Waals surface area (Å²) in [6.07, 6.45) is 3.60. The van der Waals surface area contributed by atoms with E-state index in [1.807, 2.05) is 6.07 Å². The number of aromatic nitrogens is 1. The number of aliphatic hydroxyl groups excluding tert-OH is 1. The number of amides is 1. The molecule has 19 heavy (non-hydrogen) atoms. The maximum absolute atomic E-state index is 11.3. The van der Waals surface area contributed by atoms with Crippen LogP contribution < -0.4 is 11.3 Å². The fraction of sp³-hybridized carbons (Fsp3) is 0.538. The molecule has 1 aromatic heterocycles. The monoisotopic (exact) mass is 264 g/mol. The lowest BCUT2D eigenvalue weighted by Gasteiger charge is -2.30. The Hall–Kier alpha value is -1.50. The van der Waals surface area contributed by atoms with E-state index in [1.165, 1.54) is 6.20 Å². The first-order chi connectivity index (χ1) is 9.22. The van der Waals surface area contributed by atoms with Gasteiger partial charge in [0, 0.05) is 19.3 Å². The molecule has 0 spiro atoms. The molecule has 1 saturated heterocycles. The van der Waals surface area contributed by atoms with Crippen LogP contribution >= 0.6 is 0 Å². The number of hydrogen-bond donors (Lipinski definition) is 3. The number of hydrazine groups is 1. The van der Waals surface area contributed by atoms with Crippen LogP contribution in [-0.2, 0) is 6.54 Å². The third-order valence-electron chi connectivity index (χ3n) is 3.57. The van der Waals surface area contributed by atoms with Crippen molar-refractivity contribution in [3.05, 3.63) is 29.6 Å². The van der Waals surface area contributed by atoms with Gasteiger partial charge in [-0.15, -0.1) is 0 Å². The highest BCUT2D eigenvalue weighted by Crippen LogP contribution is 2.17. The second-order valence-electron chi connectivity index (χ2n) is 4.91. The molecule has 1 fully saturated rings. The Labute approximate surface area is 112 Å². The zero-order chi connectivity index (χ0) is 13.7. The van der Waals surface area contributed by atoms with Crippen molar-refractivity contribution in [2.75, 3.05) is 19.7 Å². The number of pyridine rings is 1. The zero-order valence-electron chi connectivity index (χ0n) is 10.9. The normalized spacial score (nSPS) is 17.4. The quantitative estimate of drug-likeness (QED) is 0.401. The van der Waals surface area contributed by atoms with Crippen LogP contribution in [0.3, 0.4) is 0 Å². The molecule has 6 nitrogen and oxygen atoms in total. The first kappa shape index (κ1) is 13.9. The van der Waals surface area contributed by atoms with Gasteiger partial charge >= 0.3 is 0 Å². The minimum atomic E-state index is -0.331. The number of nitrogen functional groups attached to an aromatic ring is 1. The van der Waals surface area contributed by atoms with Crippen molar-refractivity contribution in [1.29, 1.82) is 0 Å². The molecule has 1 aliphatic heterocycles. The molecule has 1 aromatic rings. The van der Waals surface area contributed by atoms with Crippen molar-refractivity contribution in [2.45, 2.75) is 19.4 Å². The number of piperidine rings is 1. The van der Waals surface area contributed by atoms with Gasteiger partial charge in [0.15, 0.2) is 0 Å². The van der Waals surface area contributed by atoms with Crippen LogP contribution in [0.15, 0.2) is 18.3 Å². The number of carbonyl (C=O) groups is 1. The van der Waals surface area contributed by atoms with Gasteiger partial charge in [-0.1, -0.05) is 0 Å². The van der Waals surface area contributed by atoms with Crippen molar-refractivity contribution >= 4 is 5.91 Å². The van der Waals surface area contributed by atoms with Crippen LogP contribution in [0.5, 0.6) is 0 Å². The molecule has 1 amide bonds. The zero-order valence-corrected chi connectivity index (χ0v) is 10.9. The maximum Gasteiger partial charge on any atom is 0.266 e. The number of hydrogen-bond acceptors (Lipinski definition) is 5. The average Bonchev–Trinajstić information content (AvgIpc) is 2.48. The smallest absolute Gasteiger partial charge is 0.266 e. The van der Waals surface area contributed by atoms with Crippen LogP contribution in [0, 0.1) is 5.92 Å². The summed E-state index contributed by atoms with van der Waals surface area (Å²) in [5, 5.41) is 9.09. The molecule has 4 N–H and O–H groups in total. The number of nitrogens with zero attached hydrogens (tertiary/aromatic N) is 2. The molecule has 0 unspecified atom stereocenters. The van der Waals surface area contributed by atoms with E-state index < -0.39 is 0 Å². The molecule has 104 valence electrons. The molecular weight excluding hydrogens is 244 g/mol. The van der Waals surface area contributed by atoms with E-state index in [9.17, 15) is 4.79 Å². The highest BCUT2D eigenvalue weighted by atomic mass is 16.3. The molecule has 6 heteroatoms. The number of likely N-dealkylation sites (tertiary alicyclic amines) is 1. The summed E-state index contributed by atoms with van der Waals surface area (Å²) in [5.41, 5.74) is 3.48. The average molecular weight is 264 g/mol. The second kappa shape index (κ2) is 6.60. The third kappa shape index (κ3) is 3.73. The molecule has 0 saturated carbocycles. The first-order valence-electron chi connectivity index (χ1n) is 6.52. The SMILES string of the molecule is NNC(=O)c1ccc(CN2CCC(CO)CC2)nc1. The Kier molecular flexibility index (Phi) is 4.84. The predicted octanol–water partition coefficient (Wildman–Crippen LogP) is -0.111. The van der Waals surface area contributed by atoms with Crippen LogP contribution in [0.1, 0.15) is 28.9 Å². The summed E-state index contributed by atoms with van der Waals surface area (Å²) in [6.45, 7) is 3.04. The summed E-state index contributed by atoms with van der Waals surface area (Å²) >= 11 is 0. The van der Waals surface area contributed by atoms with Crippen molar-refractivity contribution in [3.8, 4) is 0 Å². The van der Waals surface area contributed by atoms with E-state index in [-0.39, 0.29) is 12.5 Å². The van der Waals surface area contributed by atoms with E-state index >= 15 is 0 Å². The lowest BCUT2D eigenvalue weighted by Crippen LogP contribution is -2.34. The van der Waals surface area contributed by atoms with Gasteiger partial charge in [0.25, 0.3) is 5.91 Å². The van der Waals surface area contributed by atoms with E-state index in [4.69, 9.17) is 10.9 Å². The number of aliphatic hydroxyl groups is 1. The minimum absolute atomic E-state index is 0.287. The summed E-state index contributed by atoms with van der Waals surface area (Å²) in [4.78, 5) is 17.9. The van der Waals surface area contributed by atoms with Gasteiger partial charge in [-0.25, -0.2) is 5.84 Å². The van der Waals surface area contributed by atoms with Gasteiger partial charge in [-0.05, 0) is 44.0 Å². The molecule has 0 aliphatic carbocycles. The van der Waals surface area contributed by atoms with Crippen molar-refractivity contribution in [2.24, 2.45) is 11.8 Å². The van der Waals surface area contributed by atoms with Gasteiger partial charge in [0.05, 0.1) is 11.3 Å². The van der Waals surface area contributed by atoms with Crippen molar-refractivity contribution < 1.29 is 9.90 Å². The molecule has 2 heterocycles. The van der Waals surface area contributed by atoms with Crippen LogP contribution in [-0.4, -0.2) is 40.6 Å². The Morgan fingerprint density at radius 3 is 2.74 bits per heavy atom.